The number of ether oxygens (including phenoxy) is 1. The topological polar surface area (TPSA) is 63.7 Å². The van der Waals surface area contributed by atoms with E-state index in [1.807, 2.05) is 23.1 Å². The van der Waals surface area contributed by atoms with Gasteiger partial charge in [0.15, 0.2) is 9.84 Å². The van der Waals surface area contributed by atoms with Crippen molar-refractivity contribution in [3.63, 3.8) is 0 Å². The molecule has 1 fully saturated rings. The third-order valence-corrected chi connectivity index (χ3v) is 7.48. The zero-order chi connectivity index (χ0) is 21.4. The van der Waals surface area contributed by atoms with Gasteiger partial charge in [-0.2, -0.15) is 0 Å². The minimum Gasteiger partial charge on any atom is -0.376 e. The van der Waals surface area contributed by atoms with Crippen molar-refractivity contribution in [1.82, 2.24) is 4.90 Å². The van der Waals surface area contributed by atoms with Gasteiger partial charge in [-0.25, -0.2) is 8.42 Å². The summed E-state index contributed by atoms with van der Waals surface area (Å²) in [6.07, 6.45) is 2.42. The van der Waals surface area contributed by atoms with Crippen LogP contribution in [0, 0.1) is 5.92 Å². The van der Waals surface area contributed by atoms with Gasteiger partial charge < -0.3 is 9.64 Å². The Morgan fingerprint density at radius 2 is 1.70 bits per heavy atom. The highest BCUT2D eigenvalue weighted by atomic mass is 35.5. The molecule has 0 bridgehead atoms. The van der Waals surface area contributed by atoms with Gasteiger partial charge in [0, 0.05) is 31.1 Å². The number of benzene rings is 2. The van der Waals surface area contributed by atoms with Gasteiger partial charge in [-0.15, -0.1) is 0 Å². The van der Waals surface area contributed by atoms with Gasteiger partial charge in [-0.1, -0.05) is 41.9 Å². The molecule has 30 heavy (non-hydrogen) atoms. The molecule has 3 rings (SSSR count). The predicted octanol–water partition coefficient (Wildman–Crippen LogP) is 4.35. The lowest BCUT2D eigenvalue weighted by Crippen LogP contribution is -2.39. The quantitative estimate of drug-likeness (QED) is 0.571. The van der Waals surface area contributed by atoms with Gasteiger partial charge in [0.1, 0.15) is 0 Å². The van der Waals surface area contributed by atoms with Crippen molar-refractivity contribution in [2.24, 2.45) is 5.92 Å². The van der Waals surface area contributed by atoms with Gasteiger partial charge in [0.2, 0.25) is 5.91 Å². The molecule has 0 aromatic heterocycles. The lowest BCUT2D eigenvalue weighted by Gasteiger charge is -2.32. The summed E-state index contributed by atoms with van der Waals surface area (Å²) in [6, 6.07) is 16.2. The molecule has 1 aliphatic heterocycles. The summed E-state index contributed by atoms with van der Waals surface area (Å²) in [6.45, 7) is 2.74. The largest absolute Gasteiger partial charge is 0.376 e. The van der Waals surface area contributed by atoms with Crippen molar-refractivity contribution in [3.8, 4) is 0 Å². The maximum atomic E-state index is 12.5. The zero-order valence-corrected chi connectivity index (χ0v) is 18.6. The van der Waals surface area contributed by atoms with Crippen LogP contribution < -0.4 is 0 Å². The van der Waals surface area contributed by atoms with Crippen LogP contribution in [0.5, 0.6) is 0 Å². The number of rotatable bonds is 9. The third-order valence-electron chi connectivity index (χ3n) is 5.41. The molecule has 0 N–H and O–H groups in total. The summed E-state index contributed by atoms with van der Waals surface area (Å²) in [5, 5.41) is 0.498. The summed E-state index contributed by atoms with van der Waals surface area (Å²) in [5.74, 6) is 0.456. The minimum atomic E-state index is -3.39. The van der Waals surface area contributed by atoms with E-state index in [9.17, 15) is 13.2 Å². The fourth-order valence-corrected chi connectivity index (χ4v) is 5.03. The number of sulfone groups is 1. The molecule has 1 saturated heterocycles. The summed E-state index contributed by atoms with van der Waals surface area (Å²) < 4.78 is 30.6. The minimum absolute atomic E-state index is 0.0324. The highest BCUT2D eigenvalue weighted by Gasteiger charge is 2.23. The summed E-state index contributed by atoms with van der Waals surface area (Å²) in [4.78, 5) is 14.5. The number of piperidine rings is 1. The second-order valence-electron chi connectivity index (χ2n) is 7.70. The first-order valence-corrected chi connectivity index (χ1v) is 12.3. The number of carbonyl (C=O) groups is 1. The van der Waals surface area contributed by atoms with E-state index in [2.05, 4.69) is 12.1 Å². The molecule has 1 heterocycles. The average molecular weight is 450 g/mol. The number of amides is 1. The molecule has 0 radical (unpaired) electrons. The van der Waals surface area contributed by atoms with Gasteiger partial charge >= 0.3 is 0 Å². The van der Waals surface area contributed by atoms with Crippen molar-refractivity contribution in [2.45, 2.75) is 37.2 Å². The van der Waals surface area contributed by atoms with Crippen molar-refractivity contribution < 1.29 is 17.9 Å². The molecule has 5 nitrogen and oxygen atoms in total. The Hall–Kier alpha value is -1.89. The van der Waals surface area contributed by atoms with E-state index in [0.29, 0.717) is 43.7 Å². The highest BCUT2D eigenvalue weighted by molar-refractivity contribution is 7.91. The summed E-state index contributed by atoms with van der Waals surface area (Å²) in [5.41, 5.74) is 1.17. The van der Waals surface area contributed by atoms with E-state index in [-0.39, 0.29) is 23.0 Å². The molecule has 162 valence electrons. The van der Waals surface area contributed by atoms with E-state index in [1.54, 1.807) is 12.1 Å². The number of hydrogen-bond acceptors (Lipinski definition) is 4. The van der Waals surface area contributed by atoms with Crippen LogP contribution in [0.2, 0.25) is 5.02 Å². The van der Waals surface area contributed by atoms with E-state index < -0.39 is 9.84 Å². The molecular weight excluding hydrogens is 422 g/mol. The number of nitrogens with zero attached hydrogens (tertiary/aromatic N) is 1. The monoisotopic (exact) mass is 449 g/mol. The summed E-state index contributed by atoms with van der Waals surface area (Å²) in [7, 11) is -3.39. The van der Waals surface area contributed by atoms with Crippen LogP contribution in [0.4, 0.5) is 0 Å². The van der Waals surface area contributed by atoms with Crippen molar-refractivity contribution >= 4 is 27.3 Å². The van der Waals surface area contributed by atoms with E-state index in [4.69, 9.17) is 16.3 Å². The Morgan fingerprint density at radius 3 is 2.37 bits per heavy atom. The van der Waals surface area contributed by atoms with Gasteiger partial charge in [-0.05, 0) is 55.0 Å². The second-order valence-corrected chi connectivity index (χ2v) is 10.2. The van der Waals surface area contributed by atoms with E-state index >= 15 is 0 Å². The van der Waals surface area contributed by atoms with Crippen LogP contribution in [-0.4, -0.2) is 44.7 Å². The average Bonchev–Trinajstić information content (AvgIpc) is 2.75. The van der Waals surface area contributed by atoms with Crippen LogP contribution >= 0.6 is 11.6 Å². The molecule has 7 heteroatoms. The fourth-order valence-electron chi connectivity index (χ4n) is 3.60. The SMILES string of the molecule is O=C(CCCS(=O)(=O)c1ccc(Cl)cc1)N1CCC(COCc2ccccc2)CC1. The van der Waals surface area contributed by atoms with Crippen LogP contribution in [0.15, 0.2) is 59.5 Å². The lowest BCUT2D eigenvalue weighted by atomic mass is 9.97. The van der Waals surface area contributed by atoms with E-state index in [0.717, 1.165) is 12.8 Å². The Labute approximate surface area is 183 Å². The molecule has 0 aliphatic carbocycles. The summed E-state index contributed by atoms with van der Waals surface area (Å²) >= 11 is 5.81. The number of halogens is 1. The van der Waals surface area contributed by atoms with Crippen molar-refractivity contribution in [2.75, 3.05) is 25.4 Å². The van der Waals surface area contributed by atoms with Crippen molar-refractivity contribution in [1.29, 1.82) is 0 Å². The normalized spacial score (nSPS) is 15.3. The Kier molecular flexibility index (Phi) is 8.31. The lowest BCUT2D eigenvalue weighted by molar-refractivity contribution is -0.132. The van der Waals surface area contributed by atoms with Crippen molar-refractivity contribution in [3.05, 3.63) is 65.2 Å². The molecule has 1 aliphatic rings. The molecule has 0 atom stereocenters. The third kappa shape index (κ3) is 6.83. The van der Waals surface area contributed by atoms with Gasteiger partial charge in [0.25, 0.3) is 0 Å². The first-order valence-electron chi connectivity index (χ1n) is 10.3. The Balaban J connectivity index is 1.34. The predicted molar refractivity (Wildman–Crippen MR) is 118 cm³/mol. The maximum Gasteiger partial charge on any atom is 0.222 e. The second kappa shape index (κ2) is 10.9. The standard InChI is InChI=1S/C23H28ClNO4S/c24-21-8-10-22(11-9-21)30(27,28)16-4-7-23(26)25-14-12-20(13-15-25)18-29-17-19-5-2-1-3-6-19/h1-3,5-6,8-11,20H,4,7,12-18H2. The van der Waals surface area contributed by atoms with E-state index in [1.165, 1.54) is 17.7 Å². The smallest absolute Gasteiger partial charge is 0.222 e. The van der Waals surface area contributed by atoms with Crippen LogP contribution in [0.25, 0.3) is 0 Å². The fraction of sp³-hybridized carbons (Fsp3) is 0.435. The zero-order valence-electron chi connectivity index (χ0n) is 17.0. The molecule has 0 unspecified atom stereocenters. The number of carbonyl (C=O) groups excluding carboxylic acids is 1. The molecule has 2 aromatic rings. The maximum absolute atomic E-state index is 12.5. The Bertz CT molecular complexity index is 908. The van der Waals surface area contributed by atoms with Crippen LogP contribution in [-0.2, 0) is 26.0 Å². The first kappa shape index (κ1) is 22.8. The number of hydrogen-bond donors (Lipinski definition) is 0. The molecular formula is C23H28ClNO4S. The first-order chi connectivity index (χ1) is 14.4. The van der Waals surface area contributed by atoms with Gasteiger partial charge in [-0.3, -0.25) is 4.79 Å². The molecule has 0 spiro atoms. The van der Waals surface area contributed by atoms with Gasteiger partial charge in [0.05, 0.1) is 17.3 Å². The van der Waals surface area contributed by atoms with Crippen LogP contribution in [0.3, 0.4) is 0 Å². The molecule has 2 aromatic carbocycles. The Morgan fingerprint density at radius 1 is 1.03 bits per heavy atom. The molecule has 0 saturated carbocycles. The molecule has 1 amide bonds. The number of likely N-dealkylation sites (tertiary alicyclic amines) is 1. The highest BCUT2D eigenvalue weighted by Crippen LogP contribution is 2.20. The van der Waals surface area contributed by atoms with Crippen LogP contribution in [0.1, 0.15) is 31.2 Å².